The second-order valence-electron chi connectivity index (χ2n) is 6.20. The first-order valence-electron chi connectivity index (χ1n) is 8.42. The van der Waals surface area contributed by atoms with E-state index in [0.717, 1.165) is 50.2 Å². The molecule has 0 saturated carbocycles. The SMILES string of the molecule is CNCCCC1c2c([nH]ccc2=O)CCN1Cc1ccccc1.Cl. The van der Waals surface area contributed by atoms with E-state index in [1.165, 1.54) is 5.56 Å². The molecule has 1 aromatic carbocycles. The molecule has 130 valence electrons. The number of hydrogen-bond acceptors (Lipinski definition) is 3. The number of aromatic amines is 1. The second kappa shape index (κ2) is 9.02. The lowest BCUT2D eigenvalue weighted by Gasteiger charge is -2.36. The third kappa shape index (κ3) is 4.26. The Morgan fingerprint density at radius 1 is 1.25 bits per heavy atom. The van der Waals surface area contributed by atoms with E-state index in [-0.39, 0.29) is 23.9 Å². The predicted molar refractivity (Wildman–Crippen MR) is 101 cm³/mol. The fourth-order valence-corrected chi connectivity index (χ4v) is 3.51. The first-order chi connectivity index (χ1) is 11.3. The molecule has 1 atom stereocenters. The molecule has 1 unspecified atom stereocenters. The number of hydrogen-bond donors (Lipinski definition) is 2. The number of benzene rings is 1. The minimum atomic E-state index is 0. The minimum Gasteiger partial charge on any atom is -0.364 e. The minimum absolute atomic E-state index is 0. The molecular formula is C19H26ClN3O. The van der Waals surface area contributed by atoms with Gasteiger partial charge in [-0.1, -0.05) is 30.3 Å². The quantitative estimate of drug-likeness (QED) is 0.790. The van der Waals surface area contributed by atoms with Crippen molar-refractivity contribution in [2.75, 3.05) is 20.1 Å². The van der Waals surface area contributed by atoms with E-state index in [1.807, 2.05) is 13.1 Å². The number of nitrogens with one attached hydrogen (secondary N) is 2. The first kappa shape index (κ1) is 18.7. The zero-order valence-electron chi connectivity index (χ0n) is 14.1. The lowest BCUT2D eigenvalue weighted by molar-refractivity contribution is 0.162. The van der Waals surface area contributed by atoms with E-state index in [4.69, 9.17) is 0 Å². The van der Waals surface area contributed by atoms with E-state index < -0.39 is 0 Å². The van der Waals surface area contributed by atoms with Crippen molar-refractivity contribution in [1.82, 2.24) is 15.2 Å². The highest BCUT2D eigenvalue weighted by atomic mass is 35.5. The van der Waals surface area contributed by atoms with Crippen LogP contribution in [0.25, 0.3) is 0 Å². The van der Waals surface area contributed by atoms with Crippen molar-refractivity contribution < 1.29 is 0 Å². The van der Waals surface area contributed by atoms with Gasteiger partial charge in [0.25, 0.3) is 0 Å². The van der Waals surface area contributed by atoms with Crippen molar-refractivity contribution in [2.24, 2.45) is 0 Å². The van der Waals surface area contributed by atoms with Crippen LogP contribution >= 0.6 is 12.4 Å². The standard InChI is InChI=1S/C19H25N3O.ClH/c1-20-11-5-8-17-19-16(21-12-9-18(19)23)10-13-22(17)14-15-6-3-2-4-7-15;/h2-4,6-7,9,12,17,20H,5,8,10-11,13-14H2,1H3,(H,21,23);1H. The van der Waals surface area contributed by atoms with Gasteiger partial charge in [0, 0.05) is 49.1 Å². The Morgan fingerprint density at radius 3 is 2.79 bits per heavy atom. The molecule has 0 radical (unpaired) electrons. The maximum absolute atomic E-state index is 12.4. The number of nitrogens with zero attached hydrogens (tertiary/aromatic N) is 1. The summed E-state index contributed by atoms with van der Waals surface area (Å²) in [6, 6.07) is 12.4. The number of rotatable bonds is 6. The summed E-state index contributed by atoms with van der Waals surface area (Å²) in [7, 11) is 1.98. The lowest BCUT2D eigenvalue weighted by Crippen LogP contribution is -2.39. The summed E-state index contributed by atoms with van der Waals surface area (Å²) in [6.07, 6.45) is 4.77. The van der Waals surface area contributed by atoms with Gasteiger partial charge in [0.15, 0.2) is 5.43 Å². The molecule has 5 heteroatoms. The van der Waals surface area contributed by atoms with Gasteiger partial charge in [-0.15, -0.1) is 12.4 Å². The number of aromatic nitrogens is 1. The van der Waals surface area contributed by atoms with Crippen LogP contribution in [0.3, 0.4) is 0 Å². The van der Waals surface area contributed by atoms with Gasteiger partial charge in [-0.2, -0.15) is 0 Å². The van der Waals surface area contributed by atoms with Gasteiger partial charge >= 0.3 is 0 Å². The van der Waals surface area contributed by atoms with Gasteiger partial charge in [0.2, 0.25) is 0 Å². The van der Waals surface area contributed by atoms with Gasteiger partial charge in [0.1, 0.15) is 0 Å². The van der Waals surface area contributed by atoms with E-state index in [0.29, 0.717) is 0 Å². The summed E-state index contributed by atoms with van der Waals surface area (Å²) in [4.78, 5) is 18.2. The summed E-state index contributed by atoms with van der Waals surface area (Å²) >= 11 is 0. The Kier molecular flexibility index (Phi) is 7.03. The van der Waals surface area contributed by atoms with Gasteiger partial charge in [-0.3, -0.25) is 9.69 Å². The van der Waals surface area contributed by atoms with Crippen LogP contribution in [-0.2, 0) is 13.0 Å². The Hall–Kier alpha value is -1.62. The Labute approximate surface area is 149 Å². The average Bonchev–Trinajstić information content (AvgIpc) is 2.58. The smallest absolute Gasteiger partial charge is 0.186 e. The highest BCUT2D eigenvalue weighted by Crippen LogP contribution is 2.31. The second-order valence-corrected chi connectivity index (χ2v) is 6.20. The lowest BCUT2D eigenvalue weighted by atomic mass is 9.92. The monoisotopic (exact) mass is 347 g/mol. The zero-order chi connectivity index (χ0) is 16.1. The van der Waals surface area contributed by atoms with Gasteiger partial charge in [-0.25, -0.2) is 0 Å². The molecule has 3 rings (SSSR count). The fraction of sp³-hybridized carbons (Fsp3) is 0.421. The molecule has 24 heavy (non-hydrogen) atoms. The van der Waals surface area contributed by atoms with E-state index in [1.54, 1.807) is 12.3 Å². The first-order valence-corrected chi connectivity index (χ1v) is 8.42. The Balaban J connectivity index is 0.00000208. The fourth-order valence-electron chi connectivity index (χ4n) is 3.51. The van der Waals surface area contributed by atoms with Crippen LogP contribution in [0.4, 0.5) is 0 Å². The van der Waals surface area contributed by atoms with Gasteiger partial charge < -0.3 is 10.3 Å². The molecule has 0 amide bonds. The predicted octanol–water partition coefficient (Wildman–Crippen LogP) is 2.90. The molecule has 0 spiro atoms. The van der Waals surface area contributed by atoms with Crippen molar-refractivity contribution in [3.05, 3.63) is 69.6 Å². The van der Waals surface area contributed by atoms with Crippen LogP contribution in [0.1, 0.15) is 35.7 Å². The van der Waals surface area contributed by atoms with Crippen LogP contribution < -0.4 is 10.7 Å². The number of fused-ring (bicyclic) bond motifs is 1. The topological polar surface area (TPSA) is 48.1 Å². The van der Waals surface area contributed by atoms with E-state index in [9.17, 15) is 4.79 Å². The summed E-state index contributed by atoms with van der Waals surface area (Å²) < 4.78 is 0. The summed E-state index contributed by atoms with van der Waals surface area (Å²) in [6.45, 7) is 2.88. The largest absolute Gasteiger partial charge is 0.364 e. The Morgan fingerprint density at radius 2 is 2.04 bits per heavy atom. The molecule has 4 nitrogen and oxygen atoms in total. The van der Waals surface area contributed by atoms with Crippen molar-refractivity contribution in [3.8, 4) is 0 Å². The third-order valence-electron chi connectivity index (χ3n) is 4.64. The molecule has 1 aliphatic rings. The molecule has 2 aromatic rings. The van der Waals surface area contributed by atoms with Crippen molar-refractivity contribution in [2.45, 2.75) is 31.8 Å². The molecule has 2 heterocycles. The summed E-state index contributed by atoms with van der Waals surface area (Å²) in [5.41, 5.74) is 3.58. The average molecular weight is 348 g/mol. The molecule has 0 saturated heterocycles. The van der Waals surface area contributed by atoms with Crippen LogP contribution in [0, 0.1) is 0 Å². The van der Waals surface area contributed by atoms with Crippen molar-refractivity contribution in [1.29, 1.82) is 0 Å². The maximum Gasteiger partial charge on any atom is 0.186 e. The number of halogens is 1. The van der Waals surface area contributed by atoms with Gasteiger partial charge in [-0.05, 0) is 32.0 Å². The molecule has 0 aliphatic carbocycles. The normalized spacial score (nSPS) is 17.1. The van der Waals surface area contributed by atoms with Crippen molar-refractivity contribution in [3.63, 3.8) is 0 Å². The molecular weight excluding hydrogens is 322 g/mol. The van der Waals surface area contributed by atoms with Crippen LogP contribution in [-0.4, -0.2) is 30.0 Å². The highest BCUT2D eigenvalue weighted by Gasteiger charge is 2.29. The number of H-pyrrole nitrogens is 1. The van der Waals surface area contributed by atoms with Crippen LogP contribution in [0.15, 0.2) is 47.4 Å². The van der Waals surface area contributed by atoms with Crippen LogP contribution in [0.2, 0.25) is 0 Å². The zero-order valence-corrected chi connectivity index (χ0v) is 14.9. The van der Waals surface area contributed by atoms with Crippen molar-refractivity contribution >= 4 is 12.4 Å². The number of pyridine rings is 1. The molecule has 0 bridgehead atoms. The third-order valence-corrected chi connectivity index (χ3v) is 4.64. The highest BCUT2D eigenvalue weighted by molar-refractivity contribution is 5.85. The van der Waals surface area contributed by atoms with Crippen LogP contribution in [0.5, 0.6) is 0 Å². The molecule has 1 aliphatic heterocycles. The van der Waals surface area contributed by atoms with Gasteiger partial charge in [0.05, 0.1) is 0 Å². The Bertz CT molecular complexity index is 687. The summed E-state index contributed by atoms with van der Waals surface area (Å²) in [5, 5.41) is 3.21. The summed E-state index contributed by atoms with van der Waals surface area (Å²) in [5.74, 6) is 0. The molecule has 1 aromatic heterocycles. The maximum atomic E-state index is 12.4. The molecule has 2 N–H and O–H groups in total. The van der Waals surface area contributed by atoms with E-state index in [2.05, 4.69) is 39.5 Å². The van der Waals surface area contributed by atoms with E-state index >= 15 is 0 Å². The molecule has 0 fully saturated rings.